The summed E-state index contributed by atoms with van der Waals surface area (Å²) in [6, 6.07) is 3.17. The van der Waals surface area contributed by atoms with Crippen molar-refractivity contribution in [1.82, 2.24) is 10.2 Å². The van der Waals surface area contributed by atoms with Crippen LogP contribution in [0.3, 0.4) is 0 Å². The van der Waals surface area contributed by atoms with E-state index in [0.29, 0.717) is 13.1 Å². The fourth-order valence-electron chi connectivity index (χ4n) is 1.16. The van der Waals surface area contributed by atoms with Gasteiger partial charge in [-0.15, -0.1) is 0 Å². The van der Waals surface area contributed by atoms with Crippen molar-refractivity contribution in [2.24, 2.45) is 0 Å². The highest BCUT2D eigenvalue weighted by Gasteiger charge is 2.10. The van der Waals surface area contributed by atoms with Gasteiger partial charge in [0.05, 0.1) is 11.5 Å². The molecule has 1 rings (SSSR count). The van der Waals surface area contributed by atoms with Gasteiger partial charge < -0.3 is 10.2 Å². The molecule has 0 radical (unpaired) electrons. The summed E-state index contributed by atoms with van der Waals surface area (Å²) in [6.07, 6.45) is 0. The normalized spacial score (nSPS) is 10.2. The lowest BCUT2D eigenvalue weighted by atomic mass is 10.4. The summed E-state index contributed by atoms with van der Waals surface area (Å²) >= 11 is 1.12. The molecule has 1 aromatic heterocycles. The zero-order chi connectivity index (χ0) is 12.8. The molecule has 0 aromatic carbocycles. The number of thiophene rings is 1. The highest BCUT2D eigenvalue weighted by Crippen LogP contribution is 2.23. The van der Waals surface area contributed by atoms with Crippen LogP contribution in [0.4, 0.5) is 5.00 Å². The van der Waals surface area contributed by atoms with Crippen molar-refractivity contribution in [2.75, 3.05) is 20.1 Å². The quantitative estimate of drug-likeness (QED) is 0.614. The van der Waals surface area contributed by atoms with Crippen LogP contribution >= 0.6 is 11.3 Å². The van der Waals surface area contributed by atoms with Gasteiger partial charge in [0.2, 0.25) is 5.91 Å². The standard InChI is InChI=1S/C10H15N3O3S/c1-3-12(2)9(14)7-11-6-8-4-5-10(17-8)13(15)16/h4-5,11H,3,6-7H2,1-2H3. The summed E-state index contributed by atoms with van der Waals surface area (Å²) in [5, 5.41) is 13.5. The van der Waals surface area contributed by atoms with Crippen LogP contribution in [0.2, 0.25) is 0 Å². The van der Waals surface area contributed by atoms with Gasteiger partial charge in [0.1, 0.15) is 0 Å². The summed E-state index contributed by atoms with van der Waals surface area (Å²) in [7, 11) is 1.74. The summed E-state index contributed by atoms with van der Waals surface area (Å²) in [6.45, 7) is 3.29. The number of nitrogens with zero attached hydrogens (tertiary/aromatic N) is 2. The summed E-state index contributed by atoms with van der Waals surface area (Å²) in [4.78, 5) is 23.9. The van der Waals surface area contributed by atoms with Crippen molar-refractivity contribution in [3.8, 4) is 0 Å². The Kier molecular flexibility index (Phi) is 5.05. The van der Waals surface area contributed by atoms with E-state index in [-0.39, 0.29) is 17.5 Å². The van der Waals surface area contributed by atoms with Gasteiger partial charge in [-0.1, -0.05) is 11.3 Å². The Labute approximate surface area is 103 Å². The number of carbonyl (C=O) groups excluding carboxylic acids is 1. The van der Waals surface area contributed by atoms with Gasteiger partial charge in [0, 0.05) is 31.1 Å². The second-order valence-electron chi connectivity index (χ2n) is 3.51. The number of nitro groups is 1. The first-order valence-electron chi connectivity index (χ1n) is 5.22. The second-order valence-corrected chi connectivity index (χ2v) is 4.66. The van der Waals surface area contributed by atoms with Gasteiger partial charge in [-0.3, -0.25) is 14.9 Å². The summed E-state index contributed by atoms with van der Waals surface area (Å²) in [5.41, 5.74) is 0. The minimum atomic E-state index is -0.413. The van der Waals surface area contributed by atoms with E-state index in [9.17, 15) is 14.9 Å². The van der Waals surface area contributed by atoms with Crippen molar-refractivity contribution < 1.29 is 9.72 Å². The van der Waals surface area contributed by atoms with Crippen LogP contribution in [-0.4, -0.2) is 35.9 Å². The topological polar surface area (TPSA) is 75.5 Å². The van der Waals surface area contributed by atoms with Crippen LogP contribution in [0.25, 0.3) is 0 Å². The molecule has 1 aromatic rings. The number of rotatable bonds is 6. The van der Waals surface area contributed by atoms with Crippen molar-refractivity contribution >= 4 is 22.2 Å². The van der Waals surface area contributed by atoms with E-state index in [1.54, 1.807) is 18.0 Å². The highest BCUT2D eigenvalue weighted by atomic mass is 32.1. The van der Waals surface area contributed by atoms with E-state index >= 15 is 0 Å². The maximum atomic E-state index is 11.4. The van der Waals surface area contributed by atoms with Crippen LogP contribution in [0, 0.1) is 10.1 Å². The average Bonchev–Trinajstić information content (AvgIpc) is 2.76. The first-order valence-corrected chi connectivity index (χ1v) is 6.04. The molecular weight excluding hydrogens is 242 g/mol. The summed E-state index contributed by atoms with van der Waals surface area (Å²) in [5.74, 6) is 0.0126. The number of likely N-dealkylation sites (N-methyl/N-ethyl adjacent to an activating group) is 1. The maximum absolute atomic E-state index is 11.4. The number of amides is 1. The molecule has 0 saturated carbocycles. The zero-order valence-electron chi connectivity index (χ0n) is 9.80. The third kappa shape index (κ3) is 4.12. The van der Waals surface area contributed by atoms with Crippen LogP contribution in [0.5, 0.6) is 0 Å². The number of carbonyl (C=O) groups is 1. The van der Waals surface area contributed by atoms with Crippen molar-refractivity contribution in [3.63, 3.8) is 0 Å². The van der Waals surface area contributed by atoms with Gasteiger partial charge in [-0.2, -0.15) is 0 Å². The molecule has 17 heavy (non-hydrogen) atoms. The molecule has 0 aliphatic rings. The average molecular weight is 257 g/mol. The molecule has 1 heterocycles. The molecule has 0 unspecified atom stereocenters. The number of nitrogens with one attached hydrogen (secondary N) is 1. The largest absolute Gasteiger partial charge is 0.345 e. The Morgan fingerprint density at radius 2 is 2.29 bits per heavy atom. The third-order valence-corrected chi connectivity index (χ3v) is 3.34. The van der Waals surface area contributed by atoms with Crippen LogP contribution in [0.15, 0.2) is 12.1 Å². The molecule has 7 heteroatoms. The second kappa shape index (κ2) is 6.31. The lowest BCUT2D eigenvalue weighted by Crippen LogP contribution is -2.34. The molecule has 1 amide bonds. The van der Waals surface area contributed by atoms with Gasteiger partial charge in [0.25, 0.3) is 0 Å². The lowest BCUT2D eigenvalue weighted by molar-refractivity contribution is -0.380. The highest BCUT2D eigenvalue weighted by molar-refractivity contribution is 7.15. The molecule has 0 bridgehead atoms. The van der Waals surface area contributed by atoms with E-state index in [2.05, 4.69) is 5.32 Å². The predicted octanol–water partition coefficient (Wildman–Crippen LogP) is 1.22. The smallest absolute Gasteiger partial charge is 0.324 e. The minimum Gasteiger partial charge on any atom is -0.345 e. The first-order chi connectivity index (χ1) is 8.04. The zero-order valence-corrected chi connectivity index (χ0v) is 10.6. The Bertz CT molecular complexity index is 405. The Morgan fingerprint density at radius 1 is 1.59 bits per heavy atom. The minimum absolute atomic E-state index is 0.0126. The van der Waals surface area contributed by atoms with Crippen molar-refractivity contribution in [3.05, 3.63) is 27.1 Å². The number of hydrogen-bond donors (Lipinski definition) is 1. The molecular formula is C10H15N3O3S. The van der Waals surface area contributed by atoms with Crippen molar-refractivity contribution in [1.29, 1.82) is 0 Å². The maximum Gasteiger partial charge on any atom is 0.324 e. The Morgan fingerprint density at radius 3 is 2.82 bits per heavy atom. The van der Waals surface area contributed by atoms with Crippen LogP contribution in [0.1, 0.15) is 11.8 Å². The molecule has 6 nitrogen and oxygen atoms in total. The molecule has 0 atom stereocenters. The van der Waals surface area contributed by atoms with Crippen molar-refractivity contribution in [2.45, 2.75) is 13.5 Å². The van der Waals surface area contributed by atoms with Gasteiger partial charge in [-0.05, 0) is 13.0 Å². The molecule has 0 saturated heterocycles. The molecule has 0 fully saturated rings. The van der Waals surface area contributed by atoms with Gasteiger partial charge >= 0.3 is 5.00 Å². The predicted molar refractivity (Wildman–Crippen MR) is 66.0 cm³/mol. The molecule has 0 aliphatic heterocycles. The Hall–Kier alpha value is -1.47. The van der Waals surface area contributed by atoms with Crippen LogP contribution < -0.4 is 5.32 Å². The van der Waals surface area contributed by atoms with E-state index < -0.39 is 4.92 Å². The van der Waals surface area contributed by atoms with E-state index in [4.69, 9.17) is 0 Å². The van der Waals surface area contributed by atoms with E-state index in [0.717, 1.165) is 16.2 Å². The van der Waals surface area contributed by atoms with Gasteiger partial charge in [-0.25, -0.2) is 0 Å². The third-order valence-electron chi connectivity index (χ3n) is 2.30. The fraction of sp³-hybridized carbons (Fsp3) is 0.500. The molecule has 94 valence electrons. The Balaban J connectivity index is 2.35. The van der Waals surface area contributed by atoms with Crippen LogP contribution in [-0.2, 0) is 11.3 Å². The number of hydrogen-bond acceptors (Lipinski definition) is 5. The lowest BCUT2D eigenvalue weighted by Gasteiger charge is -2.14. The van der Waals surface area contributed by atoms with E-state index in [1.165, 1.54) is 6.07 Å². The molecule has 0 spiro atoms. The van der Waals surface area contributed by atoms with E-state index in [1.807, 2.05) is 6.92 Å². The fourth-order valence-corrected chi connectivity index (χ4v) is 1.95. The monoisotopic (exact) mass is 257 g/mol. The molecule has 0 aliphatic carbocycles. The molecule has 1 N–H and O–H groups in total. The first kappa shape index (κ1) is 13.6. The van der Waals surface area contributed by atoms with Gasteiger partial charge in [0.15, 0.2) is 0 Å². The summed E-state index contributed by atoms with van der Waals surface area (Å²) < 4.78 is 0. The SMILES string of the molecule is CCN(C)C(=O)CNCc1ccc([N+](=O)[O-])s1.